The zero-order valence-corrected chi connectivity index (χ0v) is 12.4. The number of hydrogen-bond donors (Lipinski definition) is 1. The van der Waals surface area contributed by atoms with Gasteiger partial charge < -0.3 is 10.2 Å². The minimum Gasteiger partial charge on any atom is -0.385 e. The van der Waals surface area contributed by atoms with Crippen LogP contribution >= 0.6 is 0 Å². The van der Waals surface area contributed by atoms with E-state index in [1.54, 1.807) is 25.2 Å². The van der Waals surface area contributed by atoms with Gasteiger partial charge >= 0.3 is 0 Å². The third-order valence-electron chi connectivity index (χ3n) is 3.16. The van der Waals surface area contributed by atoms with Crippen molar-refractivity contribution in [3.63, 3.8) is 0 Å². The molecular weight excluding hydrogens is 269 g/mol. The number of halogens is 1. The minimum atomic E-state index is -0.432. The van der Waals surface area contributed by atoms with E-state index in [0.717, 1.165) is 5.69 Å². The van der Waals surface area contributed by atoms with Crippen molar-refractivity contribution in [2.24, 2.45) is 0 Å². The van der Waals surface area contributed by atoms with Gasteiger partial charge in [-0.1, -0.05) is 12.1 Å². The smallest absolute Gasteiger partial charge is 0.261 e. The second kappa shape index (κ2) is 6.35. The monoisotopic (exact) mass is 287 g/mol. The normalized spacial score (nSPS) is 10.3. The summed E-state index contributed by atoms with van der Waals surface area (Å²) in [7, 11) is 1.55. The summed E-state index contributed by atoms with van der Waals surface area (Å²) in [4.78, 5) is 18.0. The second-order valence-electron chi connectivity index (χ2n) is 4.72. The maximum atomic E-state index is 13.8. The summed E-state index contributed by atoms with van der Waals surface area (Å²) < 4.78 is 13.8. The first kappa shape index (κ1) is 15.0. The third kappa shape index (κ3) is 3.18. The quantitative estimate of drug-likeness (QED) is 0.939. The number of nitrogens with zero attached hydrogens (tertiary/aromatic N) is 2. The molecule has 0 aliphatic rings. The van der Waals surface area contributed by atoms with Crippen LogP contribution in [0.3, 0.4) is 0 Å². The van der Waals surface area contributed by atoms with E-state index in [0.29, 0.717) is 17.8 Å². The van der Waals surface area contributed by atoms with Gasteiger partial charge in [0, 0.05) is 25.5 Å². The van der Waals surface area contributed by atoms with Gasteiger partial charge in [0.1, 0.15) is 5.82 Å². The molecule has 0 saturated heterocycles. The van der Waals surface area contributed by atoms with E-state index >= 15 is 0 Å². The van der Waals surface area contributed by atoms with Crippen molar-refractivity contribution in [1.29, 1.82) is 0 Å². The number of aryl methyl sites for hydroxylation is 1. The molecule has 1 aromatic carbocycles. The van der Waals surface area contributed by atoms with Crippen molar-refractivity contribution < 1.29 is 9.18 Å². The molecule has 0 radical (unpaired) electrons. The van der Waals surface area contributed by atoms with Crippen molar-refractivity contribution in [2.75, 3.05) is 23.8 Å². The molecule has 1 heterocycles. The number of nitrogens with one attached hydrogen (secondary N) is 1. The Balaban J connectivity index is 2.38. The van der Waals surface area contributed by atoms with Crippen molar-refractivity contribution in [3.05, 3.63) is 53.6 Å². The highest BCUT2D eigenvalue weighted by atomic mass is 19.1. The second-order valence-corrected chi connectivity index (χ2v) is 4.72. The van der Waals surface area contributed by atoms with E-state index < -0.39 is 5.82 Å². The Hall–Kier alpha value is -2.43. The zero-order chi connectivity index (χ0) is 15.4. The summed E-state index contributed by atoms with van der Waals surface area (Å²) in [5.41, 5.74) is 2.19. The molecule has 0 atom stereocenters. The Morgan fingerprint density at radius 2 is 2.10 bits per heavy atom. The largest absolute Gasteiger partial charge is 0.385 e. The Bertz CT molecular complexity index is 658. The highest BCUT2D eigenvalue weighted by Gasteiger charge is 2.19. The summed E-state index contributed by atoms with van der Waals surface area (Å²) in [5, 5.41) is 3.14. The molecule has 2 rings (SSSR count). The molecule has 0 fully saturated rings. The number of carbonyl (C=O) groups is 1. The molecule has 21 heavy (non-hydrogen) atoms. The van der Waals surface area contributed by atoms with E-state index in [1.165, 1.54) is 17.2 Å². The minimum absolute atomic E-state index is 0.241. The van der Waals surface area contributed by atoms with Crippen LogP contribution in [-0.4, -0.2) is 24.5 Å². The molecule has 1 amide bonds. The lowest BCUT2D eigenvalue weighted by Crippen LogP contribution is -2.28. The number of hydrogen-bond acceptors (Lipinski definition) is 3. The van der Waals surface area contributed by atoms with Crippen LogP contribution in [0.4, 0.5) is 15.8 Å². The predicted octanol–water partition coefficient (Wildman–Crippen LogP) is 3.24. The van der Waals surface area contributed by atoms with Crippen molar-refractivity contribution in [2.45, 2.75) is 13.8 Å². The van der Waals surface area contributed by atoms with Crippen LogP contribution in [0.15, 0.2) is 36.5 Å². The molecule has 5 heteroatoms. The van der Waals surface area contributed by atoms with Crippen LogP contribution in [-0.2, 0) is 0 Å². The molecular formula is C16H18FN3O. The number of rotatable bonds is 4. The first-order valence-electron chi connectivity index (χ1n) is 6.77. The van der Waals surface area contributed by atoms with Crippen LogP contribution in [0.1, 0.15) is 23.0 Å². The molecule has 0 aliphatic heterocycles. The lowest BCUT2D eigenvalue weighted by atomic mass is 10.1. The first-order valence-corrected chi connectivity index (χ1v) is 6.77. The van der Waals surface area contributed by atoms with Gasteiger partial charge in [-0.25, -0.2) is 4.39 Å². The molecule has 0 spiro atoms. The highest BCUT2D eigenvalue weighted by Crippen LogP contribution is 2.23. The van der Waals surface area contributed by atoms with Gasteiger partial charge in [-0.2, -0.15) is 0 Å². The average Bonchev–Trinajstić information content (AvgIpc) is 2.47. The van der Waals surface area contributed by atoms with E-state index in [9.17, 15) is 9.18 Å². The van der Waals surface area contributed by atoms with Gasteiger partial charge in [0.05, 0.1) is 16.9 Å². The molecule has 0 aliphatic carbocycles. The fourth-order valence-electron chi connectivity index (χ4n) is 2.08. The summed E-state index contributed by atoms with van der Waals surface area (Å²) in [6.07, 6.45) is 1.52. The van der Waals surface area contributed by atoms with E-state index in [1.807, 2.05) is 19.9 Å². The van der Waals surface area contributed by atoms with Crippen LogP contribution in [0.25, 0.3) is 0 Å². The molecule has 1 N–H and O–H groups in total. The highest BCUT2D eigenvalue weighted by molar-refractivity contribution is 6.09. The van der Waals surface area contributed by atoms with Crippen LogP contribution in [0.2, 0.25) is 0 Å². The van der Waals surface area contributed by atoms with E-state index in [4.69, 9.17) is 0 Å². The Kier molecular flexibility index (Phi) is 4.52. The first-order chi connectivity index (χ1) is 10.0. The third-order valence-corrected chi connectivity index (χ3v) is 3.16. The number of pyridine rings is 1. The van der Waals surface area contributed by atoms with Crippen molar-refractivity contribution in [1.82, 2.24) is 4.98 Å². The zero-order valence-electron chi connectivity index (χ0n) is 12.4. The summed E-state index contributed by atoms with van der Waals surface area (Å²) in [5.74, 6) is -0.734. The number of carbonyl (C=O) groups excluding carboxylic acids is 1. The maximum Gasteiger partial charge on any atom is 0.261 e. The van der Waals surface area contributed by atoms with Crippen LogP contribution in [0, 0.1) is 12.7 Å². The molecule has 0 saturated carbocycles. The van der Waals surface area contributed by atoms with Gasteiger partial charge in [-0.3, -0.25) is 9.78 Å². The Labute approximate surface area is 123 Å². The SMILES string of the molecule is CCNc1cc(C)ncc1C(=O)N(C)c1ccccc1F. The molecule has 4 nitrogen and oxygen atoms in total. The summed E-state index contributed by atoms with van der Waals surface area (Å²) in [6.45, 7) is 4.49. The van der Waals surface area contributed by atoms with Gasteiger partial charge in [-0.15, -0.1) is 0 Å². The standard InChI is InChI=1S/C16H18FN3O/c1-4-18-14-9-11(2)19-10-12(14)16(21)20(3)15-8-6-5-7-13(15)17/h5-10H,4H2,1-3H3,(H,18,19). The van der Waals surface area contributed by atoms with E-state index in [2.05, 4.69) is 10.3 Å². The number of aromatic nitrogens is 1. The molecule has 1 aromatic heterocycles. The maximum absolute atomic E-state index is 13.8. The van der Waals surface area contributed by atoms with Gasteiger partial charge in [0.15, 0.2) is 0 Å². The van der Waals surface area contributed by atoms with Crippen LogP contribution < -0.4 is 10.2 Å². The Morgan fingerprint density at radius 1 is 1.38 bits per heavy atom. The number of para-hydroxylation sites is 1. The Morgan fingerprint density at radius 3 is 2.76 bits per heavy atom. The van der Waals surface area contributed by atoms with Gasteiger partial charge in [0.25, 0.3) is 5.91 Å². The molecule has 0 bridgehead atoms. The number of benzene rings is 1. The fourth-order valence-corrected chi connectivity index (χ4v) is 2.08. The number of anilines is 2. The topological polar surface area (TPSA) is 45.2 Å². The van der Waals surface area contributed by atoms with Crippen LogP contribution in [0.5, 0.6) is 0 Å². The molecule has 2 aromatic rings. The summed E-state index contributed by atoms with van der Waals surface area (Å²) in [6, 6.07) is 8.00. The lowest BCUT2D eigenvalue weighted by molar-refractivity contribution is 0.0992. The number of amides is 1. The average molecular weight is 287 g/mol. The predicted molar refractivity (Wildman–Crippen MR) is 82.3 cm³/mol. The van der Waals surface area contributed by atoms with E-state index in [-0.39, 0.29) is 11.6 Å². The van der Waals surface area contributed by atoms with Crippen molar-refractivity contribution >= 4 is 17.3 Å². The fraction of sp³-hybridized carbons (Fsp3) is 0.250. The van der Waals surface area contributed by atoms with Crippen molar-refractivity contribution in [3.8, 4) is 0 Å². The summed E-state index contributed by atoms with van der Waals surface area (Å²) >= 11 is 0. The molecule has 110 valence electrons. The molecule has 0 unspecified atom stereocenters. The lowest BCUT2D eigenvalue weighted by Gasteiger charge is -2.20. The van der Waals surface area contributed by atoms with Gasteiger partial charge in [0.2, 0.25) is 0 Å². The van der Waals surface area contributed by atoms with Gasteiger partial charge in [-0.05, 0) is 32.0 Å².